The molecule has 1 N–H and O–H groups in total. The topological polar surface area (TPSA) is 67.9 Å². The van der Waals surface area contributed by atoms with Gasteiger partial charge in [0, 0.05) is 44.2 Å². The highest BCUT2D eigenvalue weighted by Gasteiger charge is 2.41. The summed E-state index contributed by atoms with van der Waals surface area (Å²) in [5, 5.41) is 3.50. The molecule has 2 aromatic rings. The van der Waals surface area contributed by atoms with Crippen molar-refractivity contribution in [3.8, 4) is 0 Å². The summed E-state index contributed by atoms with van der Waals surface area (Å²) in [5.41, 5.74) is 2.97. The Labute approximate surface area is 196 Å². The number of nitrogens with one attached hydrogen (secondary N) is 1. The van der Waals surface area contributed by atoms with Crippen LogP contribution < -0.4 is 5.32 Å². The van der Waals surface area contributed by atoms with Gasteiger partial charge < -0.3 is 19.7 Å². The highest BCUT2D eigenvalue weighted by atomic mass is 16.5. The van der Waals surface area contributed by atoms with Gasteiger partial charge in [-0.3, -0.25) is 4.79 Å². The van der Waals surface area contributed by atoms with Crippen LogP contribution in [0.3, 0.4) is 0 Å². The average Bonchev–Trinajstić information content (AvgIpc) is 3.21. The maximum Gasteiger partial charge on any atom is 0.337 e. The third kappa shape index (κ3) is 5.63. The van der Waals surface area contributed by atoms with Gasteiger partial charge in [-0.1, -0.05) is 42.5 Å². The molecule has 33 heavy (non-hydrogen) atoms. The molecule has 0 aliphatic carbocycles. The van der Waals surface area contributed by atoms with Crippen LogP contribution in [0.2, 0.25) is 0 Å². The number of esters is 1. The Hall–Kier alpha value is -2.70. The number of hydrogen-bond donors (Lipinski definition) is 1. The zero-order chi connectivity index (χ0) is 23.1. The standard InChI is InChI=1S/C27H34N2O4/c1-32-26(31)22-9-7-21(8-10-22)19-28-16-13-24-11-12-25(30)29(24)20-27(14-17-33-18-15-27)23-5-3-2-4-6-23/h2-10,24,28H,11-20H2,1H3/t24-/m0/s1. The lowest BCUT2D eigenvalue weighted by Crippen LogP contribution is -2.48. The van der Waals surface area contributed by atoms with Gasteiger partial charge in [-0.2, -0.15) is 0 Å². The van der Waals surface area contributed by atoms with E-state index in [9.17, 15) is 9.59 Å². The van der Waals surface area contributed by atoms with Crippen LogP contribution in [-0.2, 0) is 26.2 Å². The molecule has 0 saturated carbocycles. The highest BCUT2D eigenvalue weighted by molar-refractivity contribution is 5.89. The molecule has 176 valence electrons. The van der Waals surface area contributed by atoms with Crippen LogP contribution in [-0.4, -0.2) is 56.2 Å². The van der Waals surface area contributed by atoms with Crippen molar-refractivity contribution in [2.45, 2.75) is 50.1 Å². The van der Waals surface area contributed by atoms with Crippen molar-refractivity contribution >= 4 is 11.9 Å². The lowest BCUT2D eigenvalue weighted by atomic mass is 9.73. The van der Waals surface area contributed by atoms with Crippen LogP contribution in [0.4, 0.5) is 0 Å². The summed E-state index contributed by atoms with van der Waals surface area (Å²) >= 11 is 0. The number of benzene rings is 2. The second kappa shape index (κ2) is 10.9. The summed E-state index contributed by atoms with van der Waals surface area (Å²) in [6.07, 6.45) is 4.41. The molecule has 1 amide bonds. The Morgan fingerprint density at radius 2 is 1.85 bits per heavy atom. The fraction of sp³-hybridized carbons (Fsp3) is 0.481. The van der Waals surface area contributed by atoms with Gasteiger partial charge >= 0.3 is 5.97 Å². The Morgan fingerprint density at radius 1 is 1.12 bits per heavy atom. The number of carbonyl (C=O) groups is 2. The molecule has 4 rings (SSSR count). The molecule has 6 nitrogen and oxygen atoms in total. The molecule has 0 unspecified atom stereocenters. The third-order valence-electron chi connectivity index (χ3n) is 7.12. The average molecular weight is 451 g/mol. The number of hydrogen-bond acceptors (Lipinski definition) is 5. The largest absolute Gasteiger partial charge is 0.465 e. The normalized spacial score (nSPS) is 20.1. The van der Waals surface area contributed by atoms with Crippen LogP contribution in [0.25, 0.3) is 0 Å². The summed E-state index contributed by atoms with van der Waals surface area (Å²) in [6.45, 7) is 3.84. The van der Waals surface area contributed by atoms with Gasteiger partial charge in [0.25, 0.3) is 0 Å². The first-order chi connectivity index (χ1) is 16.1. The molecule has 2 aliphatic heterocycles. The van der Waals surface area contributed by atoms with Crippen molar-refractivity contribution in [3.05, 3.63) is 71.3 Å². The maximum atomic E-state index is 12.8. The van der Waals surface area contributed by atoms with Gasteiger partial charge in [0.1, 0.15) is 0 Å². The monoisotopic (exact) mass is 450 g/mol. The number of likely N-dealkylation sites (tertiary alicyclic amines) is 1. The number of methoxy groups -OCH3 is 1. The van der Waals surface area contributed by atoms with Crippen LogP contribution in [0.15, 0.2) is 54.6 Å². The predicted octanol–water partition coefficient (Wildman–Crippen LogP) is 3.69. The van der Waals surface area contributed by atoms with Crippen molar-refractivity contribution in [2.75, 3.05) is 33.4 Å². The maximum absolute atomic E-state index is 12.8. The third-order valence-corrected chi connectivity index (χ3v) is 7.12. The summed E-state index contributed by atoms with van der Waals surface area (Å²) in [7, 11) is 1.39. The molecule has 0 spiro atoms. The minimum atomic E-state index is -0.321. The molecule has 0 radical (unpaired) electrons. The van der Waals surface area contributed by atoms with Crippen molar-refractivity contribution in [3.63, 3.8) is 0 Å². The molecule has 0 bridgehead atoms. The van der Waals surface area contributed by atoms with Crippen molar-refractivity contribution < 1.29 is 19.1 Å². The molecular formula is C27H34N2O4. The Kier molecular flexibility index (Phi) is 7.78. The van der Waals surface area contributed by atoms with Crippen molar-refractivity contribution in [2.24, 2.45) is 0 Å². The van der Waals surface area contributed by atoms with E-state index >= 15 is 0 Å². The molecule has 2 fully saturated rings. The van der Waals surface area contributed by atoms with Crippen molar-refractivity contribution in [1.29, 1.82) is 0 Å². The van der Waals surface area contributed by atoms with E-state index in [1.807, 2.05) is 12.1 Å². The van der Waals surface area contributed by atoms with Gasteiger partial charge in [-0.25, -0.2) is 4.79 Å². The van der Waals surface area contributed by atoms with Crippen molar-refractivity contribution in [1.82, 2.24) is 10.2 Å². The Balaban J connectivity index is 1.33. The summed E-state index contributed by atoms with van der Waals surface area (Å²) in [4.78, 5) is 26.5. The minimum absolute atomic E-state index is 0.0213. The summed E-state index contributed by atoms with van der Waals surface area (Å²) in [5.74, 6) is -0.0431. The van der Waals surface area contributed by atoms with Gasteiger partial charge in [0.2, 0.25) is 5.91 Å². The molecule has 2 saturated heterocycles. The Morgan fingerprint density at radius 3 is 2.55 bits per heavy atom. The van der Waals surface area contributed by atoms with Crippen LogP contribution in [0, 0.1) is 0 Å². The van der Waals surface area contributed by atoms with E-state index < -0.39 is 0 Å². The van der Waals surface area contributed by atoms with Crippen LogP contribution in [0.1, 0.15) is 53.6 Å². The molecule has 6 heteroatoms. The highest BCUT2D eigenvalue weighted by Crippen LogP contribution is 2.38. The Bertz CT molecular complexity index is 923. The van der Waals surface area contributed by atoms with Gasteiger partial charge in [0.15, 0.2) is 0 Å². The predicted molar refractivity (Wildman–Crippen MR) is 127 cm³/mol. The van der Waals surface area contributed by atoms with E-state index in [4.69, 9.17) is 9.47 Å². The van der Waals surface area contributed by atoms with E-state index in [2.05, 4.69) is 40.5 Å². The fourth-order valence-corrected chi connectivity index (χ4v) is 5.11. The molecule has 0 aromatic heterocycles. The van der Waals surface area contributed by atoms with Gasteiger partial charge in [-0.15, -0.1) is 0 Å². The molecule has 2 aromatic carbocycles. The number of carbonyl (C=O) groups excluding carboxylic acids is 2. The van der Waals surface area contributed by atoms with E-state index in [-0.39, 0.29) is 23.3 Å². The second-order valence-electron chi connectivity index (χ2n) is 9.13. The van der Waals surface area contributed by atoms with Crippen LogP contribution in [0.5, 0.6) is 0 Å². The quantitative estimate of drug-likeness (QED) is 0.466. The first-order valence-corrected chi connectivity index (χ1v) is 11.9. The summed E-state index contributed by atoms with van der Waals surface area (Å²) in [6, 6.07) is 18.4. The van der Waals surface area contributed by atoms with Crippen LogP contribution >= 0.6 is 0 Å². The number of nitrogens with zero attached hydrogens (tertiary/aromatic N) is 1. The first-order valence-electron chi connectivity index (χ1n) is 11.9. The number of ether oxygens (including phenoxy) is 2. The fourth-order valence-electron chi connectivity index (χ4n) is 5.11. The lowest BCUT2D eigenvalue weighted by Gasteiger charge is -2.42. The molecule has 2 heterocycles. The van der Waals surface area contributed by atoms with E-state index in [0.717, 1.165) is 64.1 Å². The summed E-state index contributed by atoms with van der Waals surface area (Å²) < 4.78 is 10.4. The zero-order valence-corrected chi connectivity index (χ0v) is 19.4. The second-order valence-corrected chi connectivity index (χ2v) is 9.13. The number of amides is 1. The number of rotatable bonds is 9. The van der Waals surface area contributed by atoms with Gasteiger partial charge in [0.05, 0.1) is 12.7 Å². The minimum Gasteiger partial charge on any atom is -0.465 e. The van der Waals surface area contributed by atoms with E-state index in [0.29, 0.717) is 12.0 Å². The molecule has 2 aliphatic rings. The molecule has 1 atom stereocenters. The molecular weight excluding hydrogens is 416 g/mol. The lowest BCUT2D eigenvalue weighted by molar-refractivity contribution is -0.130. The first kappa shape index (κ1) is 23.5. The SMILES string of the molecule is COC(=O)c1ccc(CNCC[C@@H]2CCC(=O)N2CC2(c3ccccc3)CCOCC2)cc1. The van der Waals surface area contributed by atoms with E-state index in [1.54, 1.807) is 12.1 Å². The van der Waals surface area contributed by atoms with E-state index in [1.165, 1.54) is 12.7 Å². The smallest absolute Gasteiger partial charge is 0.337 e. The van der Waals surface area contributed by atoms with Gasteiger partial charge in [-0.05, 0) is 55.5 Å². The zero-order valence-electron chi connectivity index (χ0n) is 19.4.